The van der Waals surface area contributed by atoms with Crippen molar-refractivity contribution < 1.29 is 23.0 Å². The summed E-state index contributed by atoms with van der Waals surface area (Å²) >= 11 is 5.50. The van der Waals surface area contributed by atoms with Crippen LogP contribution in [-0.2, 0) is 0 Å². The van der Waals surface area contributed by atoms with Crippen LogP contribution in [0.2, 0.25) is 5.02 Å². The smallest absolute Gasteiger partial charge is 0.410 e. The molecule has 2 N–H and O–H groups in total. The summed E-state index contributed by atoms with van der Waals surface area (Å²) in [6.45, 7) is -3.03. The quantitative estimate of drug-likeness (QED) is 0.871. The summed E-state index contributed by atoms with van der Waals surface area (Å²) in [5.74, 6) is -0.516. The van der Waals surface area contributed by atoms with Gasteiger partial charge in [-0.05, 0) is 0 Å². The number of halogens is 3. The number of aromatic nitrogens is 1. The van der Waals surface area contributed by atoms with E-state index in [2.05, 4.69) is 14.5 Å². The van der Waals surface area contributed by atoms with Gasteiger partial charge in [0.05, 0.1) is 6.20 Å². The van der Waals surface area contributed by atoms with Crippen molar-refractivity contribution in [1.82, 2.24) is 4.98 Å². The first-order valence-corrected chi connectivity index (χ1v) is 3.94. The summed E-state index contributed by atoms with van der Waals surface area (Å²) in [6, 6.07) is 1.08. The second-order valence-electron chi connectivity index (χ2n) is 2.26. The van der Waals surface area contributed by atoms with Crippen molar-refractivity contribution in [3.05, 3.63) is 17.3 Å². The van der Waals surface area contributed by atoms with Crippen LogP contribution in [0, 0.1) is 0 Å². The van der Waals surface area contributed by atoms with Crippen molar-refractivity contribution in [2.75, 3.05) is 0 Å². The Morgan fingerprint density at radius 3 is 2.73 bits per heavy atom. The van der Waals surface area contributed by atoms with Crippen molar-refractivity contribution in [2.45, 2.75) is 6.61 Å². The molecule has 8 heteroatoms. The number of primary amides is 1. The minimum absolute atomic E-state index is 0.0610. The number of hydrogen-bond acceptors (Lipinski definition) is 4. The van der Waals surface area contributed by atoms with Crippen LogP contribution < -0.4 is 15.2 Å². The van der Waals surface area contributed by atoms with Crippen LogP contribution in [0.1, 0.15) is 0 Å². The van der Waals surface area contributed by atoms with Gasteiger partial charge in [0.1, 0.15) is 5.02 Å². The molecular weight excluding hydrogens is 234 g/mol. The molecule has 82 valence electrons. The lowest BCUT2D eigenvalue weighted by Gasteiger charge is -2.06. The molecule has 0 radical (unpaired) electrons. The van der Waals surface area contributed by atoms with Crippen LogP contribution in [-0.4, -0.2) is 17.7 Å². The Morgan fingerprint density at radius 1 is 1.60 bits per heavy atom. The molecule has 0 fully saturated rings. The average Bonchev–Trinajstić information content (AvgIpc) is 2.08. The minimum Gasteiger partial charge on any atom is -0.415 e. The van der Waals surface area contributed by atoms with E-state index in [1.165, 1.54) is 0 Å². The number of amides is 1. The van der Waals surface area contributed by atoms with Gasteiger partial charge in [-0.2, -0.15) is 8.78 Å². The van der Waals surface area contributed by atoms with Crippen LogP contribution >= 0.6 is 11.6 Å². The maximum absolute atomic E-state index is 11.8. The van der Waals surface area contributed by atoms with Gasteiger partial charge < -0.3 is 15.2 Å². The second kappa shape index (κ2) is 4.74. The molecule has 0 aromatic carbocycles. The summed E-state index contributed by atoms with van der Waals surface area (Å²) in [7, 11) is 0. The molecule has 1 rings (SSSR count). The van der Waals surface area contributed by atoms with E-state index in [-0.39, 0.29) is 10.8 Å². The number of pyridine rings is 1. The lowest BCUT2D eigenvalue weighted by molar-refractivity contribution is -0.0528. The molecule has 15 heavy (non-hydrogen) atoms. The van der Waals surface area contributed by atoms with Gasteiger partial charge in [0.15, 0.2) is 5.75 Å². The average molecular weight is 239 g/mol. The van der Waals surface area contributed by atoms with E-state index in [1.807, 2.05) is 0 Å². The highest BCUT2D eigenvalue weighted by Gasteiger charge is 2.11. The number of alkyl halides is 2. The molecule has 0 atom stereocenters. The lowest BCUT2D eigenvalue weighted by Crippen LogP contribution is -2.16. The maximum Gasteiger partial charge on any atom is 0.410 e. The highest BCUT2D eigenvalue weighted by atomic mass is 35.5. The Kier molecular flexibility index (Phi) is 3.62. The van der Waals surface area contributed by atoms with E-state index in [0.29, 0.717) is 0 Å². The number of hydrogen-bond donors (Lipinski definition) is 1. The molecule has 0 spiro atoms. The van der Waals surface area contributed by atoms with E-state index in [9.17, 15) is 13.6 Å². The number of carbonyl (C=O) groups is 1. The fourth-order valence-electron chi connectivity index (χ4n) is 0.751. The van der Waals surface area contributed by atoms with Gasteiger partial charge in [0, 0.05) is 6.07 Å². The predicted molar refractivity (Wildman–Crippen MR) is 46.1 cm³/mol. The molecule has 0 aliphatic rings. The number of rotatable bonds is 3. The third-order valence-corrected chi connectivity index (χ3v) is 1.47. The van der Waals surface area contributed by atoms with Gasteiger partial charge in [0.2, 0.25) is 5.88 Å². The van der Waals surface area contributed by atoms with Crippen molar-refractivity contribution in [3.8, 4) is 11.6 Å². The Hall–Kier alpha value is -1.63. The third-order valence-electron chi connectivity index (χ3n) is 1.20. The third kappa shape index (κ3) is 3.55. The molecule has 0 aliphatic heterocycles. The van der Waals surface area contributed by atoms with Gasteiger partial charge in [-0.3, -0.25) is 0 Å². The van der Waals surface area contributed by atoms with E-state index in [4.69, 9.17) is 17.3 Å². The number of nitrogens with two attached hydrogens (primary N) is 1. The molecule has 0 aliphatic carbocycles. The van der Waals surface area contributed by atoms with E-state index >= 15 is 0 Å². The van der Waals surface area contributed by atoms with Crippen LogP contribution in [0.15, 0.2) is 12.3 Å². The van der Waals surface area contributed by atoms with Crippen molar-refractivity contribution >= 4 is 17.7 Å². The molecule has 0 saturated heterocycles. The predicted octanol–water partition coefficient (Wildman–Crippen LogP) is 1.79. The zero-order valence-corrected chi connectivity index (χ0v) is 7.87. The first-order valence-electron chi connectivity index (χ1n) is 3.56. The van der Waals surface area contributed by atoms with Gasteiger partial charge >= 0.3 is 12.7 Å². The lowest BCUT2D eigenvalue weighted by atomic mass is 10.4. The highest BCUT2D eigenvalue weighted by molar-refractivity contribution is 6.31. The molecule has 1 heterocycles. The van der Waals surface area contributed by atoms with Crippen LogP contribution in [0.5, 0.6) is 11.6 Å². The fourth-order valence-corrected chi connectivity index (χ4v) is 0.952. The Bertz CT molecular complexity index is 375. The Balaban J connectivity index is 2.83. The summed E-state index contributed by atoms with van der Waals surface area (Å²) < 4.78 is 31.9. The van der Waals surface area contributed by atoms with E-state index in [0.717, 1.165) is 12.3 Å². The summed E-state index contributed by atoms with van der Waals surface area (Å²) in [4.78, 5) is 13.7. The standard InChI is InChI=1S/C7H5ClF2N2O3/c8-4-1-3(14-7(11)13)2-12-5(4)15-6(9)10/h1-2,6H,(H2,11,13). The Morgan fingerprint density at radius 2 is 2.27 bits per heavy atom. The van der Waals surface area contributed by atoms with Crippen molar-refractivity contribution in [3.63, 3.8) is 0 Å². The maximum atomic E-state index is 11.8. The zero-order valence-electron chi connectivity index (χ0n) is 7.12. The molecular formula is C7H5ClF2N2O3. The Labute approximate surface area is 87.7 Å². The van der Waals surface area contributed by atoms with Crippen molar-refractivity contribution in [2.24, 2.45) is 5.73 Å². The number of carbonyl (C=O) groups excluding carboxylic acids is 1. The molecule has 0 unspecified atom stereocenters. The molecule has 1 aromatic rings. The molecule has 0 bridgehead atoms. The number of nitrogens with zero attached hydrogens (tertiary/aromatic N) is 1. The van der Waals surface area contributed by atoms with Crippen LogP contribution in [0.3, 0.4) is 0 Å². The fraction of sp³-hybridized carbons (Fsp3) is 0.143. The van der Waals surface area contributed by atoms with Gasteiger partial charge in [-0.25, -0.2) is 9.78 Å². The van der Waals surface area contributed by atoms with Crippen LogP contribution in [0.4, 0.5) is 13.6 Å². The first-order chi connectivity index (χ1) is 6.99. The monoisotopic (exact) mass is 238 g/mol. The van der Waals surface area contributed by atoms with E-state index in [1.54, 1.807) is 0 Å². The zero-order chi connectivity index (χ0) is 11.4. The van der Waals surface area contributed by atoms with E-state index < -0.39 is 18.6 Å². The van der Waals surface area contributed by atoms with Gasteiger partial charge in [-0.15, -0.1) is 0 Å². The summed E-state index contributed by atoms with van der Waals surface area (Å²) in [5.41, 5.74) is 4.71. The molecule has 1 amide bonds. The minimum atomic E-state index is -3.03. The number of ether oxygens (including phenoxy) is 2. The largest absolute Gasteiger partial charge is 0.415 e. The normalized spacial score (nSPS) is 10.1. The second-order valence-corrected chi connectivity index (χ2v) is 2.66. The molecule has 0 saturated carbocycles. The topological polar surface area (TPSA) is 74.4 Å². The SMILES string of the molecule is NC(=O)Oc1cnc(OC(F)F)c(Cl)c1. The summed E-state index contributed by atoms with van der Waals surface area (Å²) in [6.07, 6.45) is -0.0793. The van der Waals surface area contributed by atoms with Gasteiger partial charge in [-0.1, -0.05) is 11.6 Å². The van der Waals surface area contributed by atoms with Crippen LogP contribution in [0.25, 0.3) is 0 Å². The first kappa shape index (κ1) is 11.4. The highest BCUT2D eigenvalue weighted by Crippen LogP contribution is 2.26. The molecule has 1 aromatic heterocycles. The molecule has 5 nitrogen and oxygen atoms in total. The van der Waals surface area contributed by atoms with Crippen molar-refractivity contribution in [1.29, 1.82) is 0 Å². The van der Waals surface area contributed by atoms with Gasteiger partial charge in [0.25, 0.3) is 0 Å². The summed E-state index contributed by atoms with van der Waals surface area (Å²) in [5, 5.41) is -0.214.